The third kappa shape index (κ3) is 3.38. The maximum absolute atomic E-state index is 13.1. The molecule has 0 unspecified atom stereocenters. The van der Waals surface area contributed by atoms with Gasteiger partial charge in [-0.15, -0.1) is 0 Å². The molecule has 0 aliphatic heterocycles. The molecule has 148 valence electrons. The molecule has 4 saturated carbocycles. The number of rotatable bonds is 6. The van der Waals surface area contributed by atoms with E-state index in [1.807, 2.05) is 6.92 Å². The maximum Gasteiger partial charge on any atom is 0.270 e. The van der Waals surface area contributed by atoms with Crippen LogP contribution < -0.4 is 4.72 Å². The lowest BCUT2D eigenvalue weighted by Crippen LogP contribution is -2.56. The Morgan fingerprint density at radius 1 is 1.22 bits per heavy atom. The van der Waals surface area contributed by atoms with Gasteiger partial charge in [-0.1, -0.05) is 18.5 Å². The molecule has 4 bridgehead atoms. The number of nitro groups is 1. The predicted octanol–water partition coefficient (Wildman–Crippen LogP) is 4.52. The van der Waals surface area contributed by atoms with Gasteiger partial charge in [-0.3, -0.25) is 10.1 Å². The zero-order valence-corrected chi connectivity index (χ0v) is 16.9. The van der Waals surface area contributed by atoms with Crippen molar-refractivity contribution in [2.45, 2.75) is 62.8 Å². The summed E-state index contributed by atoms with van der Waals surface area (Å²) < 4.78 is 29.0. The van der Waals surface area contributed by atoms with Crippen LogP contribution in [-0.4, -0.2) is 19.4 Å². The van der Waals surface area contributed by atoms with Crippen molar-refractivity contribution < 1.29 is 13.3 Å². The number of nitrogens with zero attached hydrogens (tertiary/aromatic N) is 1. The second-order valence-electron chi connectivity index (χ2n) is 8.73. The molecule has 0 spiro atoms. The molecule has 8 heteroatoms. The first-order valence-electron chi connectivity index (χ1n) is 9.68. The van der Waals surface area contributed by atoms with Crippen LogP contribution in [0.5, 0.6) is 0 Å². The number of nitrogens with one attached hydrogen (secondary N) is 1. The molecular weight excluding hydrogens is 388 g/mol. The Kier molecular flexibility index (Phi) is 4.76. The maximum atomic E-state index is 13.1. The molecule has 4 aliphatic carbocycles. The number of benzene rings is 1. The lowest BCUT2D eigenvalue weighted by Gasteiger charge is -2.59. The van der Waals surface area contributed by atoms with Crippen molar-refractivity contribution in [3.05, 3.63) is 33.3 Å². The van der Waals surface area contributed by atoms with E-state index in [1.165, 1.54) is 31.4 Å². The Balaban J connectivity index is 1.64. The first kappa shape index (κ1) is 19.2. The Morgan fingerprint density at radius 2 is 1.78 bits per heavy atom. The van der Waals surface area contributed by atoms with Crippen LogP contribution in [0.4, 0.5) is 5.69 Å². The van der Waals surface area contributed by atoms with E-state index in [0.717, 1.165) is 43.1 Å². The summed E-state index contributed by atoms with van der Waals surface area (Å²) >= 11 is 6.09. The average molecular weight is 413 g/mol. The third-order valence-corrected chi connectivity index (χ3v) is 8.90. The summed E-state index contributed by atoms with van der Waals surface area (Å²) in [6.45, 7) is 2.01. The highest BCUT2D eigenvalue weighted by atomic mass is 35.5. The molecule has 0 saturated heterocycles. The van der Waals surface area contributed by atoms with Crippen LogP contribution in [0.1, 0.15) is 51.9 Å². The molecule has 0 amide bonds. The van der Waals surface area contributed by atoms with Gasteiger partial charge in [0.25, 0.3) is 5.69 Å². The second kappa shape index (κ2) is 6.71. The van der Waals surface area contributed by atoms with Gasteiger partial charge in [0.05, 0.1) is 9.95 Å². The lowest BCUT2D eigenvalue weighted by atomic mass is 9.47. The fourth-order valence-corrected chi connectivity index (χ4v) is 8.25. The van der Waals surface area contributed by atoms with Crippen molar-refractivity contribution in [2.24, 2.45) is 23.2 Å². The zero-order chi connectivity index (χ0) is 19.4. The molecule has 0 radical (unpaired) electrons. The van der Waals surface area contributed by atoms with Gasteiger partial charge in [-0.2, -0.15) is 0 Å². The van der Waals surface area contributed by atoms with E-state index < -0.39 is 14.9 Å². The van der Waals surface area contributed by atoms with Crippen molar-refractivity contribution in [2.75, 3.05) is 0 Å². The van der Waals surface area contributed by atoms with Crippen molar-refractivity contribution in [1.29, 1.82) is 0 Å². The fourth-order valence-electron chi connectivity index (χ4n) is 6.31. The fraction of sp³-hybridized carbons (Fsp3) is 0.684. The molecule has 27 heavy (non-hydrogen) atoms. The minimum atomic E-state index is -3.94. The van der Waals surface area contributed by atoms with Crippen LogP contribution in [0.3, 0.4) is 0 Å². The summed E-state index contributed by atoms with van der Waals surface area (Å²) in [5.41, 5.74) is -0.258. The molecule has 1 aromatic carbocycles. The van der Waals surface area contributed by atoms with Gasteiger partial charge in [0, 0.05) is 18.2 Å². The van der Waals surface area contributed by atoms with E-state index in [2.05, 4.69) is 4.72 Å². The van der Waals surface area contributed by atoms with E-state index >= 15 is 0 Å². The molecule has 0 aromatic heterocycles. The molecule has 4 aliphatic rings. The van der Waals surface area contributed by atoms with Crippen LogP contribution in [0.15, 0.2) is 23.1 Å². The minimum Gasteiger partial charge on any atom is -0.258 e. The normalized spacial score (nSPS) is 33.2. The molecule has 0 heterocycles. The minimum absolute atomic E-state index is 0.00784. The lowest BCUT2D eigenvalue weighted by molar-refractivity contribution is -0.385. The van der Waals surface area contributed by atoms with E-state index in [-0.39, 0.29) is 27.1 Å². The van der Waals surface area contributed by atoms with Crippen LogP contribution in [0, 0.1) is 33.3 Å². The van der Waals surface area contributed by atoms with Gasteiger partial charge in [-0.25, -0.2) is 13.1 Å². The van der Waals surface area contributed by atoms with E-state index in [4.69, 9.17) is 11.6 Å². The van der Waals surface area contributed by atoms with Gasteiger partial charge >= 0.3 is 0 Å². The Labute approximate surface area is 164 Å². The highest BCUT2D eigenvalue weighted by molar-refractivity contribution is 7.89. The first-order valence-corrected chi connectivity index (χ1v) is 11.5. The summed E-state index contributed by atoms with van der Waals surface area (Å²) in [6, 6.07) is 3.39. The Bertz CT molecular complexity index is 835. The second-order valence-corrected chi connectivity index (χ2v) is 10.8. The van der Waals surface area contributed by atoms with Gasteiger partial charge in [-0.05, 0) is 74.2 Å². The van der Waals surface area contributed by atoms with Gasteiger partial charge < -0.3 is 0 Å². The quantitative estimate of drug-likeness (QED) is 0.549. The largest absolute Gasteiger partial charge is 0.270 e. The summed E-state index contributed by atoms with van der Waals surface area (Å²) in [6.07, 6.45) is 7.84. The number of halogens is 1. The van der Waals surface area contributed by atoms with Crippen LogP contribution in [-0.2, 0) is 10.0 Å². The third-order valence-electron chi connectivity index (χ3n) is 6.95. The Hall–Kier alpha value is -1.18. The number of non-ortho nitro benzene ring substituents is 1. The number of nitro benzene ring substituents is 1. The summed E-state index contributed by atoms with van der Waals surface area (Å²) in [5, 5.41) is 11.1. The molecule has 4 fully saturated rings. The first-order chi connectivity index (χ1) is 12.7. The topological polar surface area (TPSA) is 89.3 Å². The molecule has 1 aromatic rings. The number of hydrogen-bond acceptors (Lipinski definition) is 4. The van der Waals surface area contributed by atoms with Crippen LogP contribution in [0.25, 0.3) is 0 Å². The van der Waals surface area contributed by atoms with Gasteiger partial charge in [0.15, 0.2) is 0 Å². The zero-order valence-electron chi connectivity index (χ0n) is 15.4. The smallest absolute Gasteiger partial charge is 0.258 e. The standard InChI is InChI=1S/C19H25ClN2O4S/c1-2-18(19-9-12-5-13(10-19)7-14(6-12)11-19)21-27(25,26)17-8-15(22(23)24)3-4-16(17)20/h3-4,8,12-14,18,21H,2,5-7,9-11H2,1H3/t12?,13?,14?,18-,19?/m0/s1. The van der Waals surface area contributed by atoms with Crippen LogP contribution >= 0.6 is 11.6 Å². The van der Waals surface area contributed by atoms with E-state index in [1.54, 1.807) is 0 Å². The van der Waals surface area contributed by atoms with Crippen molar-refractivity contribution in [1.82, 2.24) is 4.72 Å². The Morgan fingerprint density at radius 3 is 2.26 bits per heavy atom. The molecule has 1 atom stereocenters. The monoisotopic (exact) mass is 412 g/mol. The highest BCUT2D eigenvalue weighted by Crippen LogP contribution is 2.61. The molecular formula is C19H25ClN2O4S. The van der Waals surface area contributed by atoms with Crippen molar-refractivity contribution >= 4 is 27.3 Å². The predicted molar refractivity (Wildman–Crippen MR) is 103 cm³/mol. The van der Waals surface area contributed by atoms with Crippen molar-refractivity contribution in [3.63, 3.8) is 0 Å². The van der Waals surface area contributed by atoms with Gasteiger partial charge in [0.1, 0.15) is 4.90 Å². The molecule has 5 rings (SSSR count). The highest BCUT2D eigenvalue weighted by Gasteiger charge is 2.54. The number of sulfonamides is 1. The summed E-state index contributed by atoms with van der Waals surface area (Å²) in [7, 11) is -3.94. The molecule has 6 nitrogen and oxygen atoms in total. The van der Waals surface area contributed by atoms with E-state index in [0.29, 0.717) is 6.42 Å². The number of hydrogen-bond donors (Lipinski definition) is 1. The van der Waals surface area contributed by atoms with Crippen LogP contribution in [0.2, 0.25) is 5.02 Å². The van der Waals surface area contributed by atoms with Crippen molar-refractivity contribution in [3.8, 4) is 0 Å². The summed E-state index contributed by atoms with van der Waals surface area (Å²) in [5.74, 6) is 2.16. The van der Waals surface area contributed by atoms with E-state index in [9.17, 15) is 18.5 Å². The SMILES string of the molecule is CC[C@H](NS(=O)(=O)c1cc([N+](=O)[O-])ccc1Cl)C12CC3CC(CC(C3)C1)C2. The summed E-state index contributed by atoms with van der Waals surface area (Å²) in [4.78, 5) is 10.2. The van der Waals surface area contributed by atoms with Gasteiger partial charge in [0.2, 0.25) is 10.0 Å². The average Bonchev–Trinajstić information content (AvgIpc) is 2.58. The molecule has 1 N–H and O–H groups in total.